The average Bonchev–Trinajstić information content (AvgIpc) is 2.58. The summed E-state index contributed by atoms with van der Waals surface area (Å²) in [5.74, 6) is -0.559. The number of nitrogens with one attached hydrogen (secondary N) is 1. The van der Waals surface area contributed by atoms with E-state index in [-0.39, 0.29) is 16.6 Å². The van der Waals surface area contributed by atoms with Gasteiger partial charge in [-0.15, -0.1) is 0 Å². The monoisotopic (exact) mass is 471 g/mol. The number of nitrogens with zero attached hydrogens (tertiary/aromatic N) is 2. The van der Waals surface area contributed by atoms with Crippen LogP contribution in [0.1, 0.15) is 5.69 Å². The van der Waals surface area contributed by atoms with Crippen LogP contribution in [0, 0.1) is 12.7 Å². The molecule has 1 N–H and O–H groups in total. The van der Waals surface area contributed by atoms with E-state index in [1.54, 1.807) is 25.3 Å². The van der Waals surface area contributed by atoms with E-state index in [4.69, 9.17) is 16.3 Å². The van der Waals surface area contributed by atoms with Gasteiger partial charge in [0.05, 0.1) is 10.7 Å². The Morgan fingerprint density at radius 1 is 1.22 bits per heavy atom. The third-order valence-electron chi connectivity index (χ3n) is 3.41. The highest BCUT2D eigenvalue weighted by atomic mass is 79.9. The zero-order chi connectivity index (χ0) is 19.6. The van der Waals surface area contributed by atoms with Gasteiger partial charge in [0.15, 0.2) is 5.75 Å². The van der Waals surface area contributed by atoms with Crippen LogP contribution in [0.4, 0.5) is 10.1 Å². The Labute approximate surface area is 168 Å². The highest BCUT2D eigenvalue weighted by Gasteiger charge is 2.22. The molecule has 0 aliphatic heterocycles. The lowest BCUT2D eigenvalue weighted by Gasteiger charge is -2.14. The van der Waals surface area contributed by atoms with E-state index in [9.17, 15) is 12.8 Å². The molecular weight excluding hydrogens is 461 g/mol. The molecule has 27 heavy (non-hydrogen) atoms. The smallest absolute Gasteiger partial charge is 0.264 e. The zero-order valence-electron chi connectivity index (χ0n) is 13.8. The van der Waals surface area contributed by atoms with Gasteiger partial charge < -0.3 is 4.74 Å². The summed E-state index contributed by atoms with van der Waals surface area (Å²) in [7, 11) is -4.24. The summed E-state index contributed by atoms with van der Waals surface area (Å²) in [5, 5.41) is 0.180. The molecule has 0 unspecified atom stereocenters. The number of hydrogen-bond donors (Lipinski definition) is 1. The summed E-state index contributed by atoms with van der Waals surface area (Å²) in [4.78, 5) is 7.59. The molecule has 0 radical (unpaired) electrons. The molecule has 2 heterocycles. The molecule has 140 valence electrons. The van der Waals surface area contributed by atoms with Crippen molar-refractivity contribution in [1.29, 1.82) is 0 Å². The van der Waals surface area contributed by atoms with Gasteiger partial charge in [-0.3, -0.25) is 9.71 Å². The highest BCUT2D eigenvalue weighted by molar-refractivity contribution is 9.10. The Hall–Kier alpha value is -2.23. The maximum absolute atomic E-state index is 14.1. The van der Waals surface area contributed by atoms with Gasteiger partial charge in [0, 0.05) is 16.9 Å². The van der Waals surface area contributed by atoms with Crippen molar-refractivity contribution in [3.8, 4) is 11.6 Å². The molecule has 0 bridgehead atoms. The quantitative estimate of drug-likeness (QED) is 0.569. The molecule has 0 saturated carbocycles. The predicted octanol–water partition coefficient (Wildman–Crippen LogP) is 4.93. The van der Waals surface area contributed by atoms with E-state index in [0.29, 0.717) is 15.9 Å². The minimum atomic E-state index is -4.24. The van der Waals surface area contributed by atoms with Gasteiger partial charge in [-0.05, 0) is 43.3 Å². The molecule has 10 heteroatoms. The molecule has 1 aromatic carbocycles. The number of halogens is 3. The standard InChI is InChI=1S/C17H12BrClFN3O3S/c1-10-15(3-2-6-21-10)26-17-14(8-12(19)9-22-17)23-27(24,25)16-5-4-11(18)7-13(16)20/h2-9,23H,1H3. The molecule has 0 aliphatic rings. The summed E-state index contributed by atoms with van der Waals surface area (Å²) in [6.45, 7) is 1.73. The van der Waals surface area contributed by atoms with Crippen molar-refractivity contribution in [2.45, 2.75) is 11.8 Å². The molecule has 0 spiro atoms. The Morgan fingerprint density at radius 2 is 2.00 bits per heavy atom. The Balaban J connectivity index is 1.99. The second-order valence-electron chi connectivity index (χ2n) is 5.38. The Kier molecular flexibility index (Phi) is 5.64. The maximum atomic E-state index is 14.1. The second kappa shape index (κ2) is 7.79. The highest BCUT2D eigenvalue weighted by Crippen LogP contribution is 2.32. The van der Waals surface area contributed by atoms with Crippen molar-refractivity contribution in [1.82, 2.24) is 9.97 Å². The van der Waals surface area contributed by atoms with E-state index in [1.165, 1.54) is 18.3 Å². The SMILES string of the molecule is Cc1ncccc1Oc1ncc(Cl)cc1NS(=O)(=O)c1ccc(Br)cc1F. The second-order valence-corrected chi connectivity index (χ2v) is 8.38. The lowest BCUT2D eigenvalue weighted by molar-refractivity contribution is 0.459. The minimum Gasteiger partial charge on any atom is -0.435 e. The average molecular weight is 473 g/mol. The van der Waals surface area contributed by atoms with Crippen molar-refractivity contribution < 1.29 is 17.5 Å². The minimum absolute atomic E-state index is 0.0342. The van der Waals surface area contributed by atoms with Crippen molar-refractivity contribution >= 4 is 43.2 Å². The van der Waals surface area contributed by atoms with Crippen LogP contribution in [0.5, 0.6) is 11.6 Å². The molecule has 3 aromatic rings. The molecule has 0 fully saturated rings. The first-order chi connectivity index (χ1) is 12.8. The maximum Gasteiger partial charge on any atom is 0.264 e. The van der Waals surface area contributed by atoms with E-state index in [0.717, 1.165) is 12.1 Å². The lowest BCUT2D eigenvalue weighted by Crippen LogP contribution is -2.15. The van der Waals surface area contributed by atoms with Gasteiger partial charge >= 0.3 is 0 Å². The number of sulfonamides is 1. The topological polar surface area (TPSA) is 81.2 Å². The Bertz CT molecular complexity index is 1110. The first-order valence-electron chi connectivity index (χ1n) is 7.49. The third-order valence-corrected chi connectivity index (χ3v) is 5.51. The van der Waals surface area contributed by atoms with Crippen LogP contribution in [0.15, 0.2) is 58.2 Å². The molecule has 2 aromatic heterocycles. The van der Waals surface area contributed by atoms with Crippen LogP contribution >= 0.6 is 27.5 Å². The van der Waals surface area contributed by atoms with E-state index in [2.05, 4.69) is 30.6 Å². The number of ether oxygens (including phenoxy) is 1. The summed E-state index contributed by atoms with van der Waals surface area (Å²) < 4.78 is 47.7. The number of aromatic nitrogens is 2. The van der Waals surface area contributed by atoms with Crippen molar-refractivity contribution in [2.75, 3.05) is 4.72 Å². The van der Waals surface area contributed by atoms with Crippen LogP contribution in [-0.2, 0) is 10.0 Å². The normalized spacial score (nSPS) is 11.3. The number of rotatable bonds is 5. The van der Waals surface area contributed by atoms with Crippen LogP contribution < -0.4 is 9.46 Å². The van der Waals surface area contributed by atoms with Crippen LogP contribution in [0.3, 0.4) is 0 Å². The van der Waals surface area contributed by atoms with E-state index < -0.39 is 20.7 Å². The van der Waals surface area contributed by atoms with Crippen molar-refractivity contribution in [3.63, 3.8) is 0 Å². The lowest BCUT2D eigenvalue weighted by atomic mass is 10.3. The zero-order valence-corrected chi connectivity index (χ0v) is 16.9. The van der Waals surface area contributed by atoms with Crippen LogP contribution in [0.2, 0.25) is 5.02 Å². The fourth-order valence-corrected chi connectivity index (χ4v) is 3.76. The molecule has 0 saturated heterocycles. The molecule has 0 amide bonds. The van der Waals surface area contributed by atoms with E-state index in [1.807, 2.05) is 0 Å². The van der Waals surface area contributed by atoms with Gasteiger partial charge in [-0.2, -0.15) is 0 Å². The first kappa shape index (κ1) is 19.5. The molecule has 6 nitrogen and oxygen atoms in total. The van der Waals surface area contributed by atoms with Gasteiger partial charge in [-0.25, -0.2) is 17.8 Å². The van der Waals surface area contributed by atoms with Crippen LogP contribution in [0.25, 0.3) is 0 Å². The molecule has 0 atom stereocenters. The van der Waals surface area contributed by atoms with Gasteiger partial charge in [0.25, 0.3) is 10.0 Å². The predicted molar refractivity (Wildman–Crippen MR) is 103 cm³/mol. The first-order valence-corrected chi connectivity index (χ1v) is 10.1. The fourth-order valence-electron chi connectivity index (χ4n) is 2.16. The largest absolute Gasteiger partial charge is 0.435 e. The number of aryl methyl sites for hydroxylation is 1. The van der Waals surface area contributed by atoms with Crippen molar-refractivity contribution in [2.24, 2.45) is 0 Å². The summed E-state index contributed by atoms with van der Waals surface area (Å²) in [6.07, 6.45) is 2.90. The summed E-state index contributed by atoms with van der Waals surface area (Å²) >= 11 is 9.02. The molecular formula is C17H12BrClFN3O3S. The van der Waals surface area contributed by atoms with Gasteiger partial charge in [0.1, 0.15) is 16.4 Å². The number of hydrogen-bond acceptors (Lipinski definition) is 5. The van der Waals surface area contributed by atoms with Crippen LogP contribution in [-0.4, -0.2) is 18.4 Å². The summed E-state index contributed by atoms with van der Waals surface area (Å²) in [6, 6.07) is 8.27. The number of pyridine rings is 2. The number of benzene rings is 1. The summed E-state index contributed by atoms with van der Waals surface area (Å²) in [5.41, 5.74) is 0.551. The van der Waals surface area contributed by atoms with Crippen molar-refractivity contribution in [3.05, 3.63) is 69.8 Å². The van der Waals surface area contributed by atoms with E-state index >= 15 is 0 Å². The molecule has 0 aliphatic carbocycles. The number of anilines is 1. The van der Waals surface area contributed by atoms with Gasteiger partial charge in [-0.1, -0.05) is 27.5 Å². The van der Waals surface area contributed by atoms with Gasteiger partial charge in [0.2, 0.25) is 5.88 Å². The molecule has 3 rings (SSSR count). The third kappa shape index (κ3) is 4.55. The Morgan fingerprint density at radius 3 is 2.70 bits per heavy atom. The fraction of sp³-hybridized carbons (Fsp3) is 0.0588.